The van der Waals surface area contributed by atoms with Crippen molar-refractivity contribution in [3.05, 3.63) is 12.7 Å². The van der Waals surface area contributed by atoms with Gasteiger partial charge in [-0.1, -0.05) is 12.5 Å². The summed E-state index contributed by atoms with van der Waals surface area (Å²) in [6.07, 6.45) is 6.59. The van der Waals surface area contributed by atoms with Crippen molar-refractivity contribution in [2.24, 2.45) is 0 Å². The van der Waals surface area contributed by atoms with Crippen molar-refractivity contribution < 1.29 is 9.53 Å². The van der Waals surface area contributed by atoms with Gasteiger partial charge in [-0.3, -0.25) is 4.79 Å². The van der Waals surface area contributed by atoms with Crippen LogP contribution in [0.4, 0.5) is 0 Å². The van der Waals surface area contributed by atoms with Gasteiger partial charge in [-0.2, -0.15) is 0 Å². The van der Waals surface area contributed by atoms with Gasteiger partial charge in [-0.05, 0) is 26.2 Å². The topological polar surface area (TPSA) is 26.3 Å². The van der Waals surface area contributed by atoms with Crippen molar-refractivity contribution in [2.45, 2.75) is 45.1 Å². The molecule has 0 bridgehead atoms. The zero-order chi connectivity index (χ0) is 10.1. The summed E-state index contributed by atoms with van der Waals surface area (Å²) in [6, 6.07) is 0. The molecule has 0 saturated heterocycles. The average Bonchev–Trinajstić information content (AvgIpc) is 2.16. The van der Waals surface area contributed by atoms with Gasteiger partial charge in [0.1, 0.15) is 6.10 Å². The fourth-order valence-corrected chi connectivity index (χ4v) is 1.10. The van der Waals surface area contributed by atoms with E-state index in [0.29, 0.717) is 6.42 Å². The van der Waals surface area contributed by atoms with Gasteiger partial charge in [0.05, 0.1) is 0 Å². The maximum Gasteiger partial charge on any atom is 0.161 e. The first kappa shape index (κ1) is 12.4. The first-order chi connectivity index (χ1) is 6.22. The Morgan fingerprint density at radius 3 is 2.69 bits per heavy atom. The number of carbonyl (C=O) groups is 1. The first-order valence-electron chi connectivity index (χ1n) is 4.88. The van der Waals surface area contributed by atoms with Crippen molar-refractivity contribution in [2.75, 3.05) is 7.11 Å². The van der Waals surface area contributed by atoms with Gasteiger partial charge in [-0.25, -0.2) is 0 Å². The van der Waals surface area contributed by atoms with Crippen molar-refractivity contribution in [1.82, 2.24) is 0 Å². The summed E-state index contributed by atoms with van der Waals surface area (Å²) in [5.74, 6) is 0.209. The standard InChI is InChI=1S/C11H20O2/c1-4-5-6-7-8-9-11(12)10(2)13-3/h4,10H,1,5-9H2,2-3H3. The highest BCUT2D eigenvalue weighted by Gasteiger charge is 2.09. The van der Waals surface area contributed by atoms with E-state index >= 15 is 0 Å². The lowest BCUT2D eigenvalue weighted by Gasteiger charge is -2.07. The maximum atomic E-state index is 11.3. The molecule has 0 aliphatic carbocycles. The second kappa shape index (κ2) is 7.99. The number of Topliss-reactive ketones (excluding diaryl/α,β-unsaturated/α-hetero) is 1. The van der Waals surface area contributed by atoms with Crippen LogP contribution in [0.15, 0.2) is 12.7 Å². The van der Waals surface area contributed by atoms with Crippen molar-refractivity contribution in [3.8, 4) is 0 Å². The van der Waals surface area contributed by atoms with Crippen LogP contribution in [0, 0.1) is 0 Å². The third-order valence-corrected chi connectivity index (χ3v) is 2.14. The number of rotatable bonds is 8. The quantitative estimate of drug-likeness (QED) is 0.428. The summed E-state index contributed by atoms with van der Waals surface area (Å²) in [6.45, 7) is 5.45. The van der Waals surface area contributed by atoms with Crippen LogP contribution in [0.1, 0.15) is 39.0 Å². The zero-order valence-corrected chi connectivity index (χ0v) is 8.71. The molecule has 0 aromatic rings. The lowest BCUT2D eigenvalue weighted by Crippen LogP contribution is -2.18. The minimum Gasteiger partial charge on any atom is -0.374 e. The molecule has 0 spiro atoms. The van der Waals surface area contributed by atoms with Gasteiger partial charge >= 0.3 is 0 Å². The Bertz CT molecular complexity index is 152. The fraction of sp³-hybridized carbons (Fsp3) is 0.727. The van der Waals surface area contributed by atoms with Crippen LogP contribution in [0.3, 0.4) is 0 Å². The largest absolute Gasteiger partial charge is 0.374 e. The van der Waals surface area contributed by atoms with E-state index < -0.39 is 0 Å². The van der Waals surface area contributed by atoms with Gasteiger partial charge < -0.3 is 4.74 Å². The van der Waals surface area contributed by atoms with E-state index in [1.54, 1.807) is 14.0 Å². The molecule has 0 amide bonds. The summed E-state index contributed by atoms with van der Waals surface area (Å²) >= 11 is 0. The summed E-state index contributed by atoms with van der Waals surface area (Å²) in [5.41, 5.74) is 0. The highest BCUT2D eigenvalue weighted by atomic mass is 16.5. The summed E-state index contributed by atoms with van der Waals surface area (Å²) in [7, 11) is 1.57. The molecule has 0 rings (SSSR count). The van der Waals surface area contributed by atoms with Crippen LogP contribution >= 0.6 is 0 Å². The highest BCUT2D eigenvalue weighted by molar-refractivity contribution is 5.82. The summed E-state index contributed by atoms with van der Waals surface area (Å²) in [5, 5.41) is 0. The molecule has 0 aromatic heterocycles. The predicted molar refractivity (Wildman–Crippen MR) is 54.8 cm³/mol. The summed E-state index contributed by atoms with van der Waals surface area (Å²) < 4.78 is 4.92. The molecular weight excluding hydrogens is 164 g/mol. The molecule has 2 nitrogen and oxygen atoms in total. The van der Waals surface area contributed by atoms with E-state index in [-0.39, 0.29) is 11.9 Å². The molecule has 2 heteroatoms. The molecule has 1 atom stereocenters. The molecule has 0 aliphatic rings. The van der Waals surface area contributed by atoms with Crippen molar-refractivity contribution >= 4 is 5.78 Å². The van der Waals surface area contributed by atoms with Gasteiger partial charge in [0.15, 0.2) is 5.78 Å². The Hall–Kier alpha value is -0.630. The maximum absolute atomic E-state index is 11.3. The second-order valence-corrected chi connectivity index (χ2v) is 3.23. The normalized spacial score (nSPS) is 12.5. The fourth-order valence-electron chi connectivity index (χ4n) is 1.10. The number of ketones is 1. The summed E-state index contributed by atoms with van der Waals surface area (Å²) in [4.78, 5) is 11.3. The Kier molecular flexibility index (Phi) is 7.60. The van der Waals surface area contributed by atoms with E-state index in [1.165, 1.54) is 0 Å². The van der Waals surface area contributed by atoms with Crippen LogP contribution < -0.4 is 0 Å². The van der Waals surface area contributed by atoms with Gasteiger partial charge in [0.25, 0.3) is 0 Å². The number of hydrogen-bond donors (Lipinski definition) is 0. The minimum atomic E-state index is -0.237. The number of methoxy groups -OCH3 is 1. The number of hydrogen-bond acceptors (Lipinski definition) is 2. The molecule has 1 unspecified atom stereocenters. The molecule has 13 heavy (non-hydrogen) atoms. The second-order valence-electron chi connectivity index (χ2n) is 3.23. The van der Waals surface area contributed by atoms with E-state index in [2.05, 4.69) is 6.58 Å². The monoisotopic (exact) mass is 184 g/mol. The molecule has 0 radical (unpaired) electrons. The lowest BCUT2D eigenvalue weighted by molar-refractivity contribution is -0.127. The third-order valence-electron chi connectivity index (χ3n) is 2.14. The van der Waals surface area contributed by atoms with E-state index in [0.717, 1.165) is 25.7 Å². The number of carbonyl (C=O) groups excluding carboxylic acids is 1. The predicted octanol–water partition coefficient (Wildman–Crippen LogP) is 2.73. The van der Waals surface area contributed by atoms with E-state index in [9.17, 15) is 4.79 Å². The molecule has 0 aromatic carbocycles. The average molecular weight is 184 g/mol. The van der Waals surface area contributed by atoms with Gasteiger partial charge in [-0.15, -0.1) is 6.58 Å². The van der Waals surface area contributed by atoms with Crippen molar-refractivity contribution in [3.63, 3.8) is 0 Å². The van der Waals surface area contributed by atoms with E-state index in [1.807, 2.05) is 6.08 Å². The molecular formula is C11H20O2. The molecule has 0 heterocycles. The first-order valence-corrected chi connectivity index (χ1v) is 4.88. The molecule has 0 aliphatic heterocycles. The zero-order valence-electron chi connectivity index (χ0n) is 8.71. The smallest absolute Gasteiger partial charge is 0.161 e. The minimum absolute atomic E-state index is 0.209. The SMILES string of the molecule is C=CCCCCCC(=O)C(C)OC. The Labute approximate surface area is 81.0 Å². The van der Waals surface area contributed by atoms with Crippen LogP contribution in [0.5, 0.6) is 0 Å². The molecule has 0 N–H and O–H groups in total. The number of allylic oxidation sites excluding steroid dienone is 1. The van der Waals surface area contributed by atoms with Crippen LogP contribution in [0.25, 0.3) is 0 Å². The number of unbranched alkanes of at least 4 members (excludes halogenated alkanes) is 3. The van der Waals surface area contributed by atoms with E-state index in [4.69, 9.17) is 4.74 Å². The van der Waals surface area contributed by atoms with Crippen LogP contribution in [-0.2, 0) is 9.53 Å². The Morgan fingerprint density at radius 1 is 1.46 bits per heavy atom. The third kappa shape index (κ3) is 6.52. The molecule has 0 saturated carbocycles. The highest BCUT2D eigenvalue weighted by Crippen LogP contribution is 2.06. The lowest BCUT2D eigenvalue weighted by atomic mass is 10.1. The van der Waals surface area contributed by atoms with Gasteiger partial charge in [0.2, 0.25) is 0 Å². The molecule has 76 valence electrons. The molecule has 0 fully saturated rings. The van der Waals surface area contributed by atoms with Crippen molar-refractivity contribution in [1.29, 1.82) is 0 Å². The van der Waals surface area contributed by atoms with Crippen LogP contribution in [-0.4, -0.2) is 19.0 Å². The van der Waals surface area contributed by atoms with Gasteiger partial charge in [0, 0.05) is 13.5 Å². The Balaban J connectivity index is 3.31. The number of ether oxygens (including phenoxy) is 1. The Morgan fingerprint density at radius 2 is 2.15 bits per heavy atom. The van der Waals surface area contributed by atoms with Crippen LogP contribution in [0.2, 0.25) is 0 Å².